The fourth-order valence-electron chi connectivity index (χ4n) is 3.52. The van der Waals surface area contributed by atoms with E-state index in [0.29, 0.717) is 6.61 Å². The van der Waals surface area contributed by atoms with E-state index in [1.807, 2.05) is 31.4 Å². The molecule has 0 fully saturated rings. The standard InChI is InChI=1S/C25H28FN3O3/c1-4-32-23-11-5-19(6-12-23)24(30)13-14-25(31)28-27-16-20-15-17(2)29(18(20)3)22-9-7-21(26)8-10-22/h5-12,15-16,24,30H,4,13-14H2,1-3H3,(H,28,31)/b27-16-/t24-/m1/s1. The number of hydrogen-bond acceptors (Lipinski definition) is 4. The Kier molecular flexibility index (Phi) is 7.78. The number of carbonyl (C=O) groups is 1. The van der Waals surface area contributed by atoms with Crippen molar-refractivity contribution in [2.45, 2.75) is 39.7 Å². The number of rotatable bonds is 9. The molecule has 0 saturated heterocycles. The first-order valence-corrected chi connectivity index (χ1v) is 10.6. The molecule has 168 valence electrons. The number of aliphatic hydroxyl groups is 1. The van der Waals surface area contributed by atoms with Gasteiger partial charge in [0.05, 0.1) is 18.9 Å². The van der Waals surface area contributed by atoms with Crippen molar-refractivity contribution in [1.82, 2.24) is 9.99 Å². The van der Waals surface area contributed by atoms with Crippen molar-refractivity contribution in [3.63, 3.8) is 0 Å². The molecule has 2 aromatic carbocycles. The summed E-state index contributed by atoms with van der Waals surface area (Å²) in [4.78, 5) is 12.1. The highest BCUT2D eigenvalue weighted by Gasteiger charge is 2.12. The van der Waals surface area contributed by atoms with Crippen LogP contribution in [0.4, 0.5) is 4.39 Å². The number of aryl methyl sites for hydroxylation is 1. The molecule has 3 rings (SSSR count). The number of halogens is 1. The molecule has 1 aromatic heterocycles. The Balaban J connectivity index is 1.54. The van der Waals surface area contributed by atoms with Crippen LogP contribution in [-0.4, -0.2) is 28.4 Å². The molecule has 6 nitrogen and oxygen atoms in total. The fraction of sp³-hybridized carbons (Fsp3) is 0.280. The lowest BCUT2D eigenvalue weighted by molar-refractivity contribution is -0.121. The van der Waals surface area contributed by atoms with Gasteiger partial charge in [-0.25, -0.2) is 9.82 Å². The van der Waals surface area contributed by atoms with E-state index in [1.54, 1.807) is 42.6 Å². The summed E-state index contributed by atoms with van der Waals surface area (Å²) >= 11 is 0. The van der Waals surface area contributed by atoms with Crippen LogP contribution in [0.2, 0.25) is 0 Å². The van der Waals surface area contributed by atoms with Gasteiger partial charge in [-0.15, -0.1) is 0 Å². The summed E-state index contributed by atoms with van der Waals surface area (Å²) in [5.41, 5.74) is 6.85. The van der Waals surface area contributed by atoms with Gasteiger partial charge < -0.3 is 14.4 Å². The second-order valence-corrected chi connectivity index (χ2v) is 7.49. The highest BCUT2D eigenvalue weighted by atomic mass is 19.1. The Hall–Kier alpha value is -3.45. The molecule has 0 aliphatic carbocycles. The zero-order chi connectivity index (χ0) is 23.1. The summed E-state index contributed by atoms with van der Waals surface area (Å²) in [5, 5.41) is 14.4. The van der Waals surface area contributed by atoms with Gasteiger partial charge in [0.25, 0.3) is 0 Å². The molecule has 1 heterocycles. The van der Waals surface area contributed by atoms with Crippen molar-refractivity contribution in [2.24, 2.45) is 5.10 Å². The van der Waals surface area contributed by atoms with E-state index in [9.17, 15) is 14.3 Å². The molecule has 1 amide bonds. The first-order valence-electron chi connectivity index (χ1n) is 10.6. The lowest BCUT2D eigenvalue weighted by Crippen LogP contribution is -2.18. The zero-order valence-electron chi connectivity index (χ0n) is 18.5. The Bertz CT molecular complexity index is 1070. The monoisotopic (exact) mass is 437 g/mol. The SMILES string of the molecule is CCOc1ccc([C@H](O)CCC(=O)N/N=C\c2cc(C)n(-c3ccc(F)cc3)c2C)cc1. The fourth-order valence-corrected chi connectivity index (χ4v) is 3.52. The van der Waals surface area contributed by atoms with Gasteiger partial charge in [0.15, 0.2) is 0 Å². The van der Waals surface area contributed by atoms with Crippen molar-refractivity contribution >= 4 is 12.1 Å². The molecule has 1 atom stereocenters. The topological polar surface area (TPSA) is 75.8 Å². The van der Waals surface area contributed by atoms with Crippen LogP contribution in [0.3, 0.4) is 0 Å². The first-order chi connectivity index (χ1) is 15.4. The van der Waals surface area contributed by atoms with Crippen molar-refractivity contribution in [2.75, 3.05) is 6.61 Å². The number of hydrogen-bond donors (Lipinski definition) is 2. The lowest BCUT2D eigenvalue weighted by atomic mass is 10.0. The van der Waals surface area contributed by atoms with Crippen molar-refractivity contribution in [1.29, 1.82) is 0 Å². The molecule has 2 N–H and O–H groups in total. The zero-order valence-corrected chi connectivity index (χ0v) is 18.5. The second-order valence-electron chi connectivity index (χ2n) is 7.49. The van der Waals surface area contributed by atoms with Gasteiger partial charge in [0.2, 0.25) is 5.91 Å². The van der Waals surface area contributed by atoms with Crippen LogP contribution < -0.4 is 10.2 Å². The number of nitrogens with one attached hydrogen (secondary N) is 1. The average Bonchev–Trinajstić information content (AvgIpc) is 3.06. The van der Waals surface area contributed by atoms with Crippen LogP contribution in [-0.2, 0) is 4.79 Å². The third-order valence-corrected chi connectivity index (χ3v) is 5.17. The van der Waals surface area contributed by atoms with Crippen LogP contribution in [0, 0.1) is 19.7 Å². The summed E-state index contributed by atoms with van der Waals surface area (Å²) in [6, 6.07) is 15.4. The van der Waals surface area contributed by atoms with Crippen molar-refractivity contribution in [3.8, 4) is 11.4 Å². The lowest BCUT2D eigenvalue weighted by Gasteiger charge is -2.11. The normalized spacial score (nSPS) is 12.2. The highest BCUT2D eigenvalue weighted by Crippen LogP contribution is 2.22. The van der Waals surface area contributed by atoms with Gasteiger partial charge in [0.1, 0.15) is 11.6 Å². The van der Waals surface area contributed by atoms with Crippen molar-refractivity contribution in [3.05, 3.63) is 82.9 Å². The number of hydrazone groups is 1. The number of ether oxygens (including phenoxy) is 1. The molecule has 0 spiro atoms. The Morgan fingerprint density at radius 3 is 2.53 bits per heavy atom. The number of amides is 1. The van der Waals surface area contributed by atoms with Crippen LogP contribution in [0.5, 0.6) is 5.75 Å². The number of nitrogens with zero attached hydrogens (tertiary/aromatic N) is 2. The summed E-state index contributed by atoms with van der Waals surface area (Å²) < 4.78 is 20.6. The van der Waals surface area contributed by atoms with Gasteiger partial charge in [-0.3, -0.25) is 4.79 Å². The molecular weight excluding hydrogens is 409 g/mol. The minimum absolute atomic E-state index is 0.139. The summed E-state index contributed by atoms with van der Waals surface area (Å²) in [6.45, 7) is 6.38. The van der Waals surface area contributed by atoms with E-state index in [0.717, 1.165) is 34.0 Å². The molecule has 0 saturated carbocycles. The van der Waals surface area contributed by atoms with E-state index < -0.39 is 6.10 Å². The van der Waals surface area contributed by atoms with Crippen LogP contribution >= 0.6 is 0 Å². The Morgan fingerprint density at radius 2 is 1.88 bits per heavy atom. The quantitative estimate of drug-likeness (QED) is 0.380. The van der Waals surface area contributed by atoms with Crippen LogP contribution in [0.25, 0.3) is 5.69 Å². The van der Waals surface area contributed by atoms with E-state index in [2.05, 4.69) is 10.5 Å². The first kappa shape index (κ1) is 23.2. The van der Waals surface area contributed by atoms with E-state index in [-0.39, 0.29) is 24.6 Å². The van der Waals surface area contributed by atoms with Gasteiger partial charge in [0, 0.05) is 29.1 Å². The highest BCUT2D eigenvalue weighted by molar-refractivity contribution is 5.84. The van der Waals surface area contributed by atoms with Crippen LogP contribution in [0.1, 0.15) is 48.4 Å². The minimum Gasteiger partial charge on any atom is -0.494 e. The summed E-state index contributed by atoms with van der Waals surface area (Å²) in [6.07, 6.45) is 1.27. The largest absolute Gasteiger partial charge is 0.494 e. The summed E-state index contributed by atoms with van der Waals surface area (Å²) in [7, 11) is 0. The third kappa shape index (κ3) is 5.82. The maximum absolute atomic E-state index is 13.2. The molecule has 0 radical (unpaired) electrons. The molecule has 0 aliphatic heterocycles. The van der Waals surface area contributed by atoms with E-state index in [1.165, 1.54) is 12.1 Å². The van der Waals surface area contributed by atoms with Crippen LogP contribution in [0.15, 0.2) is 59.7 Å². The molecule has 3 aromatic rings. The second kappa shape index (κ2) is 10.7. The molecule has 0 aliphatic rings. The molecule has 0 unspecified atom stereocenters. The van der Waals surface area contributed by atoms with E-state index in [4.69, 9.17) is 4.74 Å². The van der Waals surface area contributed by atoms with Gasteiger partial charge >= 0.3 is 0 Å². The maximum Gasteiger partial charge on any atom is 0.240 e. The van der Waals surface area contributed by atoms with Crippen molar-refractivity contribution < 1.29 is 19.0 Å². The number of carbonyl (C=O) groups excluding carboxylic acids is 1. The number of benzene rings is 2. The maximum atomic E-state index is 13.2. The van der Waals surface area contributed by atoms with Gasteiger partial charge in [-0.1, -0.05) is 12.1 Å². The predicted octanol–water partition coefficient (Wildman–Crippen LogP) is 4.60. The molecule has 0 bridgehead atoms. The third-order valence-electron chi connectivity index (χ3n) is 5.17. The summed E-state index contributed by atoms with van der Waals surface area (Å²) in [5.74, 6) is 0.182. The average molecular weight is 438 g/mol. The predicted molar refractivity (Wildman–Crippen MR) is 123 cm³/mol. The number of aromatic nitrogens is 1. The van der Waals surface area contributed by atoms with Gasteiger partial charge in [-0.05, 0) is 75.2 Å². The van der Waals surface area contributed by atoms with E-state index >= 15 is 0 Å². The van der Waals surface area contributed by atoms with Gasteiger partial charge in [-0.2, -0.15) is 5.10 Å². The molecule has 7 heteroatoms. The number of aliphatic hydroxyl groups excluding tert-OH is 1. The molecular formula is C25H28FN3O3. The Labute approximate surface area is 187 Å². The smallest absolute Gasteiger partial charge is 0.240 e. The minimum atomic E-state index is -0.741. The molecule has 32 heavy (non-hydrogen) atoms. The Morgan fingerprint density at radius 1 is 1.19 bits per heavy atom.